The SMILES string of the molecule is CSc1ccc(NC(=O)O[C@@H](c2ccc(O)c3ccccc23)[C@H](C)/C=C/C(=O)NO)cc1. The fourth-order valence-electron chi connectivity index (χ4n) is 3.32. The average Bonchev–Trinajstić information content (AvgIpc) is 2.82. The molecule has 0 heterocycles. The number of ether oxygens (including phenoxy) is 1. The third kappa shape index (κ3) is 5.60. The van der Waals surface area contributed by atoms with Gasteiger partial charge in [0.2, 0.25) is 0 Å². The predicted molar refractivity (Wildman–Crippen MR) is 125 cm³/mol. The van der Waals surface area contributed by atoms with E-state index in [0.717, 1.165) is 10.3 Å². The van der Waals surface area contributed by atoms with Crippen molar-refractivity contribution < 1.29 is 24.6 Å². The van der Waals surface area contributed by atoms with Crippen molar-refractivity contribution in [2.75, 3.05) is 11.6 Å². The molecule has 4 N–H and O–H groups in total. The number of hydroxylamine groups is 1. The number of aromatic hydroxyl groups is 1. The summed E-state index contributed by atoms with van der Waals surface area (Å²) in [6, 6.07) is 17.8. The second-order valence-corrected chi connectivity index (χ2v) is 7.97. The molecule has 32 heavy (non-hydrogen) atoms. The number of fused-ring (bicyclic) bond motifs is 1. The summed E-state index contributed by atoms with van der Waals surface area (Å²) in [5, 5.41) is 23.0. The van der Waals surface area contributed by atoms with Gasteiger partial charge in [0.25, 0.3) is 5.91 Å². The van der Waals surface area contributed by atoms with Crippen LogP contribution in [0.5, 0.6) is 5.75 Å². The summed E-state index contributed by atoms with van der Waals surface area (Å²) >= 11 is 1.60. The second kappa shape index (κ2) is 10.7. The minimum Gasteiger partial charge on any atom is -0.507 e. The van der Waals surface area contributed by atoms with Crippen molar-refractivity contribution >= 4 is 40.2 Å². The Morgan fingerprint density at radius 1 is 1.03 bits per heavy atom. The Morgan fingerprint density at radius 3 is 2.38 bits per heavy atom. The van der Waals surface area contributed by atoms with Crippen LogP contribution in [-0.4, -0.2) is 28.6 Å². The maximum absolute atomic E-state index is 12.7. The number of phenols is 1. The van der Waals surface area contributed by atoms with Crippen LogP contribution in [-0.2, 0) is 9.53 Å². The molecule has 0 spiro atoms. The van der Waals surface area contributed by atoms with Gasteiger partial charge in [-0.25, -0.2) is 10.3 Å². The standard InChI is InChI=1S/C24H24N2O5S/c1-15(7-14-22(28)26-30)23(20-12-13-21(27)19-6-4-3-5-18(19)20)31-24(29)25-16-8-10-17(32-2)11-9-16/h3-15,23,27,30H,1-2H3,(H,25,29)(H,26,28)/b14-7+/t15-,23-/m1/s1. The van der Waals surface area contributed by atoms with Crippen LogP contribution in [0.1, 0.15) is 18.6 Å². The van der Waals surface area contributed by atoms with Gasteiger partial charge in [0.15, 0.2) is 0 Å². The Hall–Kier alpha value is -3.49. The van der Waals surface area contributed by atoms with Crippen LogP contribution in [0.4, 0.5) is 10.5 Å². The maximum Gasteiger partial charge on any atom is 0.412 e. The van der Waals surface area contributed by atoms with Gasteiger partial charge >= 0.3 is 6.09 Å². The van der Waals surface area contributed by atoms with Crippen molar-refractivity contribution in [2.45, 2.75) is 17.9 Å². The lowest BCUT2D eigenvalue weighted by Gasteiger charge is -2.24. The Labute approximate surface area is 190 Å². The van der Waals surface area contributed by atoms with Crippen molar-refractivity contribution in [1.29, 1.82) is 0 Å². The fraction of sp³-hybridized carbons (Fsp3) is 0.167. The molecule has 2 atom stereocenters. The minimum absolute atomic E-state index is 0.115. The van der Waals surface area contributed by atoms with Crippen LogP contribution < -0.4 is 10.8 Å². The summed E-state index contributed by atoms with van der Waals surface area (Å²) in [5.41, 5.74) is 2.80. The van der Waals surface area contributed by atoms with Gasteiger partial charge in [-0.3, -0.25) is 15.3 Å². The first-order valence-corrected chi connectivity index (χ1v) is 11.1. The van der Waals surface area contributed by atoms with Gasteiger partial charge in [0.05, 0.1) is 0 Å². The van der Waals surface area contributed by atoms with Crippen LogP contribution in [0.25, 0.3) is 10.8 Å². The molecule has 0 aliphatic rings. The zero-order valence-corrected chi connectivity index (χ0v) is 18.4. The van der Waals surface area contributed by atoms with Crippen molar-refractivity contribution in [2.24, 2.45) is 5.92 Å². The van der Waals surface area contributed by atoms with Crippen molar-refractivity contribution in [3.05, 3.63) is 78.4 Å². The molecule has 7 nitrogen and oxygen atoms in total. The lowest BCUT2D eigenvalue weighted by molar-refractivity contribution is -0.124. The molecule has 0 saturated heterocycles. The number of hydrogen-bond acceptors (Lipinski definition) is 6. The first kappa shape index (κ1) is 23.2. The van der Waals surface area contributed by atoms with E-state index < -0.39 is 24.0 Å². The van der Waals surface area contributed by atoms with Crippen molar-refractivity contribution in [3.8, 4) is 5.75 Å². The number of benzene rings is 3. The Bertz CT molecular complexity index is 1130. The lowest BCUT2D eigenvalue weighted by atomic mass is 9.92. The number of phenolic OH excluding ortho intramolecular Hbond substituents is 1. The van der Waals surface area contributed by atoms with E-state index >= 15 is 0 Å². The number of carbonyl (C=O) groups excluding carboxylic acids is 2. The second-order valence-electron chi connectivity index (χ2n) is 7.09. The highest BCUT2D eigenvalue weighted by Gasteiger charge is 2.25. The molecule has 0 bridgehead atoms. The molecule has 8 heteroatoms. The third-order valence-corrected chi connectivity index (χ3v) is 5.69. The number of rotatable bonds is 7. The smallest absolute Gasteiger partial charge is 0.412 e. The highest BCUT2D eigenvalue weighted by atomic mass is 32.2. The third-order valence-electron chi connectivity index (χ3n) is 4.95. The van der Waals surface area contributed by atoms with Gasteiger partial charge in [0, 0.05) is 33.5 Å². The first-order valence-electron chi connectivity index (χ1n) is 9.87. The minimum atomic E-state index is -0.770. The largest absolute Gasteiger partial charge is 0.507 e. The van der Waals surface area contributed by atoms with E-state index in [1.54, 1.807) is 55.1 Å². The van der Waals surface area contributed by atoms with E-state index in [0.29, 0.717) is 16.6 Å². The predicted octanol–water partition coefficient (Wildman–Crippen LogP) is 5.25. The molecule has 0 saturated carbocycles. The van der Waals surface area contributed by atoms with E-state index in [4.69, 9.17) is 9.94 Å². The van der Waals surface area contributed by atoms with Crippen LogP contribution in [0.3, 0.4) is 0 Å². The molecule has 0 unspecified atom stereocenters. The molecule has 3 aromatic carbocycles. The number of thioether (sulfide) groups is 1. The molecule has 166 valence electrons. The topological polar surface area (TPSA) is 108 Å². The first-order chi connectivity index (χ1) is 15.4. The van der Waals surface area contributed by atoms with E-state index in [9.17, 15) is 14.7 Å². The van der Waals surface area contributed by atoms with Gasteiger partial charge < -0.3 is 9.84 Å². The number of amides is 2. The van der Waals surface area contributed by atoms with Crippen molar-refractivity contribution in [3.63, 3.8) is 0 Å². The molecule has 0 radical (unpaired) electrons. The summed E-state index contributed by atoms with van der Waals surface area (Å²) in [6.45, 7) is 1.79. The quantitative estimate of drug-likeness (QED) is 0.169. The normalized spacial score (nSPS) is 13.0. The zero-order chi connectivity index (χ0) is 23.1. The summed E-state index contributed by atoms with van der Waals surface area (Å²) in [7, 11) is 0. The fourth-order valence-corrected chi connectivity index (χ4v) is 3.73. The molecule has 0 aliphatic heterocycles. The Balaban J connectivity index is 1.92. The molecule has 0 aliphatic carbocycles. The van der Waals surface area contributed by atoms with Crippen LogP contribution >= 0.6 is 11.8 Å². The zero-order valence-electron chi connectivity index (χ0n) is 17.6. The molecule has 0 aromatic heterocycles. The summed E-state index contributed by atoms with van der Waals surface area (Å²) in [4.78, 5) is 25.2. The number of nitrogens with one attached hydrogen (secondary N) is 2. The van der Waals surface area contributed by atoms with Crippen LogP contribution in [0.2, 0.25) is 0 Å². The van der Waals surface area contributed by atoms with Crippen LogP contribution in [0.15, 0.2) is 77.7 Å². The van der Waals surface area contributed by atoms with Gasteiger partial charge in [-0.1, -0.05) is 43.3 Å². The molecule has 2 amide bonds. The molecular weight excluding hydrogens is 428 g/mol. The molecule has 3 aromatic rings. The lowest BCUT2D eigenvalue weighted by Crippen LogP contribution is -2.22. The van der Waals surface area contributed by atoms with Gasteiger partial charge in [-0.05, 0) is 42.0 Å². The van der Waals surface area contributed by atoms with Crippen molar-refractivity contribution in [1.82, 2.24) is 5.48 Å². The molecule has 0 fully saturated rings. The monoisotopic (exact) mass is 452 g/mol. The van der Waals surface area contributed by atoms with Gasteiger partial charge in [-0.15, -0.1) is 11.8 Å². The molecule has 3 rings (SSSR count). The van der Waals surface area contributed by atoms with E-state index in [1.807, 2.05) is 36.6 Å². The maximum atomic E-state index is 12.7. The highest BCUT2D eigenvalue weighted by Crippen LogP contribution is 2.36. The van der Waals surface area contributed by atoms with Gasteiger partial charge in [0.1, 0.15) is 11.9 Å². The van der Waals surface area contributed by atoms with E-state index in [-0.39, 0.29) is 5.75 Å². The Kier molecular flexibility index (Phi) is 7.75. The number of carbonyl (C=O) groups is 2. The average molecular weight is 453 g/mol. The summed E-state index contributed by atoms with van der Waals surface area (Å²) in [6.07, 6.45) is 3.25. The molecular formula is C24H24N2O5S. The Morgan fingerprint density at radius 2 is 1.72 bits per heavy atom. The van der Waals surface area contributed by atoms with Crippen LogP contribution in [0, 0.1) is 5.92 Å². The van der Waals surface area contributed by atoms with E-state index in [1.165, 1.54) is 11.6 Å². The highest BCUT2D eigenvalue weighted by molar-refractivity contribution is 7.98. The number of anilines is 1. The summed E-state index contributed by atoms with van der Waals surface area (Å²) in [5.74, 6) is -1.00. The summed E-state index contributed by atoms with van der Waals surface area (Å²) < 4.78 is 5.79. The van der Waals surface area contributed by atoms with Gasteiger partial charge in [-0.2, -0.15) is 0 Å². The number of hydrogen-bond donors (Lipinski definition) is 4. The van der Waals surface area contributed by atoms with E-state index in [2.05, 4.69) is 5.32 Å².